The summed E-state index contributed by atoms with van der Waals surface area (Å²) in [4.78, 5) is 4.58. The molecular formula is C23H19N3. The number of pyridine rings is 1. The molecule has 26 heavy (non-hydrogen) atoms. The highest BCUT2D eigenvalue weighted by Gasteiger charge is 2.01. The van der Waals surface area contributed by atoms with Gasteiger partial charge in [0, 0.05) is 5.39 Å². The minimum absolute atomic E-state index is 0.740. The molecule has 4 aromatic rings. The monoisotopic (exact) mass is 337 g/mol. The number of aromatic nitrogens is 1. The van der Waals surface area contributed by atoms with Crippen LogP contribution in [-0.2, 0) is 0 Å². The van der Waals surface area contributed by atoms with E-state index in [1.165, 1.54) is 11.1 Å². The first kappa shape index (κ1) is 16.0. The molecule has 0 amide bonds. The van der Waals surface area contributed by atoms with Crippen molar-refractivity contribution in [1.29, 1.82) is 0 Å². The fourth-order valence-corrected chi connectivity index (χ4v) is 2.87. The summed E-state index contributed by atoms with van der Waals surface area (Å²) < 4.78 is 0. The van der Waals surface area contributed by atoms with E-state index in [-0.39, 0.29) is 0 Å². The summed E-state index contributed by atoms with van der Waals surface area (Å²) in [6.07, 6.45) is 0. The van der Waals surface area contributed by atoms with Crippen LogP contribution < -0.4 is 5.43 Å². The lowest BCUT2D eigenvalue weighted by molar-refractivity contribution is 1.25. The van der Waals surface area contributed by atoms with Crippen LogP contribution >= 0.6 is 0 Å². The number of rotatable bonds is 4. The minimum Gasteiger partial charge on any atom is -0.261 e. The molecular weight excluding hydrogens is 318 g/mol. The molecule has 1 N–H and O–H groups in total. The van der Waals surface area contributed by atoms with E-state index in [0.29, 0.717) is 0 Å². The van der Waals surface area contributed by atoms with Gasteiger partial charge in [0.2, 0.25) is 0 Å². The molecule has 126 valence electrons. The first-order valence-electron chi connectivity index (χ1n) is 8.61. The van der Waals surface area contributed by atoms with E-state index in [2.05, 4.69) is 70.1 Å². The molecule has 0 atom stereocenters. The number of nitrogens with zero attached hydrogens (tertiary/aromatic N) is 2. The predicted octanol–water partition coefficient (Wildman–Crippen LogP) is 5.74. The molecule has 0 aliphatic carbocycles. The lowest BCUT2D eigenvalue weighted by Crippen LogP contribution is -2.00. The van der Waals surface area contributed by atoms with Crippen LogP contribution in [0.5, 0.6) is 0 Å². The summed E-state index contributed by atoms with van der Waals surface area (Å²) in [5, 5.41) is 5.60. The van der Waals surface area contributed by atoms with Gasteiger partial charge in [-0.1, -0.05) is 72.8 Å². The summed E-state index contributed by atoms with van der Waals surface area (Å²) in [5.41, 5.74) is 8.43. The Morgan fingerprint density at radius 3 is 2.23 bits per heavy atom. The van der Waals surface area contributed by atoms with Gasteiger partial charge in [-0.25, -0.2) is 4.98 Å². The van der Waals surface area contributed by atoms with E-state index >= 15 is 0 Å². The van der Waals surface area contributed by atoms with E-state index in [1.54, 1.807) is 0 Å². The fourth-order valence-electron chi connectivity index (χ4n) is 2.87. The van der Waals surface area contributed by atoms with Crippen LogP contribution in [0, 0.1) is 0 Å². The second-order valence-electron chi connectivity index (χ2n) is 6.14. The average Bonchev–Trinajstić information content (AvgIpc) is 2.72. The molecule has 0 fully saturated rings. The van der Waals surface area contributed by atoms with Crippen molar-refractivity contribution in [3.8, 4) is 11.1 Å². The maximum absolute atomic E-state index is 4.58. The molecule has 0 saturated heterocycles. The van der Waals surface area contributed by atoms with Crippen molar-refractivity contribution in [2.24, 2.45) is 5.10 Å². The quantitative estimate of drug-likeness (QED) is 0.381. The van der Waals surface area contributed by atoms with E-state index in [4.69, 9.17) is 0 Å². The Kier molecular flexibility index (Phi) is 4.44. The molecule has 1 heterocycles. The summed E-state index contributed by atoms with van der Waals surface area (Å²) >= 11 is 0. The largest absolute Gasteiger partial charge is 0.261 e. The maximum atomic E-state index is 4.58. The maximum Gasteiger partial charge on any atom is 0.146 e. The molecule has 3 heteroatoms. The lowest BCUT2D eigenvalue weighted by atomic mass is 10.0. The predicted molar refractivity (Wildman–Crippen MR) is 109 cm³/mol. The Bertz CT molecular complexity index is 1050. The average molecular weight is 337 g/mol. The normalized spacial score (nSPS) is 11.5. The van der Waals surface area contributed by atoms with Gasteiger partial charge in [-0.15, -0.1) is 0 Å². The van der Waals surface area contributed by atoms with Crippen LogP contribution in [0.1, 0.15) is 12.5 Å². The zero-order valence-electron chi connectivity index (χ0n) is 14.6. The van der Waals surface area contributed by atoms with Crippen molar-refractivity contribution in [3.63, 3.8) is 0 Å². The van der Waals surface area contributed by atoms with Crippen LogP contribution in [0.4, 0.5) is 5.82 Å². The molecule has 0 bridgehead atoms. The van der Waals surface area contributed by atoms with Crippen LogP contribution in [-0.4, -0.2) is 10.7 Å². The van der Waals surface area contributed by atoms with E-state index in [1.807, 2.05) is 43.3 Å². The third kappa shape index (κ3) is 3.47. The van der Waals surface area contributed by atoms with Crippen molar-refractivity contribution < 1.29 is 0 Å². The number of nitrogens with one attached hydrogen (secondary N) is 1. The number of fused-ring (bicyclic) bond motifs is 1. The second kappa shape index (κ2) is 7.19. The first-order valence-corrected chi connectivity index (χ1v) is 8.61. The van der Waals surface area contributed by atoms with Gasteiger partial charge in [-0.2, -0.15) is 5.10 Å². The van der Waals surface area contributed by atoms with Crippen molar-refractivity contribution >= 4 is 22.4 Å². The second-order valence-corrected chi connectivity index (χ2v) is 6.14. The van der Waals surface area contributed by atoms with Crippen LogP contribution in [0.2, 0.25) is 0 Å². The lowest BCUT2D eigenvalue weighted by Gasteiger charge is -2.06. The SMILES string of the molecule is C/C(=N\Nc1ccc2ccccc2n1)c1ccc(-c2ccccc2)cc1. The Morgan fingerprint density at radius 1 is 0.731 bits per heavy atom. The first-order chi connectivity index (χ1) is 12.8. The number of hydrogen-bond donors (Lipinski definition) is 1. The standard InChI is InChI=1S/C23H19N3/c1-17(18-11-13-20(14-12-18)19-7-3-2-4-8-19)25-26-23-16-15-21-9-5-6-10-22(21)24-23/h2-16H,1H3,(H,24,26)/b25-17+. The molecule has 0 spiro atoms. The van der Waals surface area contributed by atoms with Gasteiger partial charge in [0.15, 0.2) is 0 Å². The van der Waals surface area contributed by atoms with E-state index < -0.39 is 0 Å². The van der Waals surface area contributed by atoms with Gasteiger partial charge in [0.25, 0.3) is 0 Å². The highest BCUT2D eigenvalue weighted by atomic mass is 15.3. The van der Waals surface area contributed by atoms with E-state index in [0.717, 1.165) is 28.0 Å². The number of benzene rings is 3. The summed E-state index contributed by atoms with van der Waals surface area (Å²) in [5.74, 6) is 0.740. The summed E-state index contributed by atoms with van der Waals surface area (Å²) in [7, 11) is 0. The zero-order chi connectivity index (χ0) is 17.8. The minimum atomic E-state index is 0.740. The molecule has 0 unspecified atom stereocenters. The molecule has 3 nitrogen and oxygen atoms in total. The van der Waals surface area contributed by atoms with Gasteiger partial charge in [-0.3, -0.25) is 5.43 Å². The molecule has 1 aromatic heterocycles. The molecule has 3 aromatic carbocycles. The topological polar surface area (TPSA) is 37.3 Å². The van der Waals surface area contributed by atoms with Gasteiger partial charge in [0.1, 0.15) is 5.82 Å². The van der Waals surface area contributed by atoms with Crippen LogP contribution in [0.15, 0.2) is 96.1 Å². The highest BCUT2D eigenvalue weighted by molar-refractivity contribution is 5.99. The van der Waals surface area contributed by atoms with E-state index in [9.17, 15) is 0 Å². The summed E-state index contributed by atoms with van der Waals surface area (Å²) in [6, 6.07) is 30.8. The van der Waals surface area contributed by atoms with Crippen molar-refractivity contribution in [1.82, 2.24) is 4.98 Å². The number of hydrogen-bond acceptors (Lipinski definition) is 3. The highest BCUT2D eigenvalue weighted by Crippen LogP contribution is 2.20. The van der Waals surface area contributed by atoms with Crippen LogP contribution in [0.3, 0.4) is 0 Å². The Hall–Kier alpha value is -3.46. The molecule has 0 radical (unpaired) electrons. The Morgan fingerprint density at radius 2 is 1.42 bits per heavy atom. The van der Waals surface area contributed by atoms with Gasteiger partial charge >= 0.3 is 0 Å². The number of anilines is 1. The third-order valence-corrected chi connectivity index (χ3v) is 4.35. The number of hydrazone groups is 1. The van der Waals surface area contributed by atoms with Crippen molar-refractivity contribution in [3.05, 3.63) is 96.6 Å². The Balaban J connectivity index is 1.51. The smallest absolute Gasteiger partial charge is 0.146 e. The number of para-hydroxylation sites is 1. The molecule has 0 aliphatic heterocycles. The molecule has 4 rings (SSSR count). The van der Waals surface area contributed by atoms with Crippen molar-refractivity contribution in [2.45, 2.75) is 6.92 Å². The van der Waals surface area contributed by atoms with Gasteiger partial charge < -0.3 is 0 Å². The molecule has 0 saturated carbocycles. The Labute approximate surface area is 153 Å². The van der Waals surface area contributed by atoms with Gasteiger partial charge in [-0.05, 0) is 41.8 Å². The van der Waals surface area contributed by atoms with Gasteiger partial charge in [0.05, 0.1) is 11.2 Å². The third-order valence-electron chi connectivity index (χ3n) is 4.35. The summed E-state index contributed by atoms with van der Waals surface area (Å²) in [6.45, 7) is 1.99. The zero-order valence-corrected chi connectivity index (χ0v) is 14.6. The van der Waals surface area contributed by atoms with Crippen LogP contribution in [0.25, 0.3) is 22.0 Å². The molecule has 0 aliphatic rings. The van der Waals surface area contributed by atoms with Crippen molar-refractivity contribution in [2.75, 3.05) is 5.43 Å². The fraction of sp³-hybridized carbons (Fsp3) is 0.0435.